The molecule has 1 aliphatic rings. The number of nitrogens with one attached hydrogen (secondary N) is 2. The summed E-state index contributed by atoms with van der Waals surface area (Å²) in [5.41, 5.74) is 1.16. The summed E-state index contributed by atoms with van der Waals surface area (Å²) < 4.78 is 0. The highest BCUT2D eigenvalue weighted by Gasteiger charge is 2.19. The lowest BCUT2D eigenvalue weighted by Crippen LogP contribution is -3.06. The molecule has 0 atom stereocenters. The molecule has 1 aliphatic heterocycles. The van der Waals surface area contributed by atoms with Crippen molar-refractivity contribution in [2.45, 2.75) is 0 Å². The maximum absolute atomic E-state index is 9.34. The molecule has 2 rings (SSSR count). The average Bonchev–Trinajstić information content (AvgIpc) is 2.48. The number of quaternary nitrogens is 1. The quantitative estimate of drug-likeness (QED) is 0.657. The molecule has 0 radical (unpaired) electrons. The van der Waals surface area contributed by atoms with Crippen molar-refractivity contribution in [3.05, 3.63) is 24.3 Å². The Morgan fingerprint density at radius 3 is 2.38 bits per heavy atom. The summed E-state index contributed by atoms with van der Waals surface area (Å²) in [4.78, 5) is 5.97. The number of anilines is 1. The molecule has 1 aromatic carbocycles. The van der Waals surface area contributed by atoms with Gasteiger partial charge in [-0.25, -0.2) is 0 Å². The molecule has 0 aromatic heterocycles. The Bertz CT molecular complexity index is 455. The van der Waals surface area contributed by atoms with E-state index in [9.17, 15) is 5.11 Å². The zero-order valence-corrected chi connectivity index (χ0v) is 13.6. The van der Waals surface area contributed by atoms with Crippen molar-refractivity contribution in [3.8, 4) is 5.75 Å². The molecule has 0 aliphatic carbocycles. The molecular weight excluding hydrogens is 284 g/mol. The summed E-state index contributed by atoms with van der Waals surface area (Å²) >= 11 is 5.45. The van der Waals surface area contributed by atoms with Crippen LogP contribution in [-0.2, 0) is 0 Å². The minimum absolute atomic E-state index is 0.311. The van der Waals surface area contributed by atoms with Gasteiger partial charge in [-0.1, -0.05) is 0 Å². The summed E-state index contributed by atoms with van der Waals surface area (Å²) in [7, 11) is 4.28. The van der Waals surface area contributed by atoms with E-state index in [2.05, 4.69) is 29.2 Å². The first-order chi connectivity index (χ1) is 10.1. The van der Waals surface area contributed by atoms with E-state index in [0.29, 0.717) is 5.75 Å². The number of phenolic OH excluding ortho intramolecular Hbond substituents is 1. The van der Waals surface area contributed by atoms with Crippen LogP contribution in [0.4, 0.5) is 5.69 Å². The van der Waals surface area contributed by atoms with Gasteiger partial charge in [-0.15, -0.1) is 0 Å². The monoisotopic (exact) mass is 309 g/mol. The molecule has 0 spiro atoms. The van der Waals surface area contributed by atoms with Crippen LogP contribution in [0.5, 0.6) is 5.75 Å². The lowest BCUT2D eigenvalue weighted by molar-refractivity contribution is -0.856. The van der Waals surface area contributed by atoms with Crippen LogP contribution < -0.4 is 15.1 Å². The Morgan fingerprint density at radius 2 is 1.81 bits per heavy atom. The van der Waals surface area contributed by atoms with Gasteiger partial charge < -0.3 is 25.1 Å². The van der Waals surface area contributed by atoms with E-state index in [4.69, 9.17) is 12.2 Å². The number of benzene rings is 1. The summed E-state index contributed by atoms with van der Waals surface area (Å²) in [6, 6.07) is 7.39. The minimum Gasteiger partial charge on any atom is -0.508 e. The zero-order valence-electron chi connectivity index (χ0n) is 12.8. The number of thiocarbonyl (C=S) groups is 1. The lowest BCUT2D eigenvalue weighted by atomic mass is 10.2. The zero-order chi connectivity index (χ0) is 15.2. The smallest absolute Gasteiger partial charge is 0.169 e. The van der Waals surface area contributed by atoms with Gasteiger partial charge in [-0.3, -0.25) is 0 Å². The second kappa shape index (κ2) is 7.47. The molecule has 6 heteroatoms. The predicted molar refractivity (Wildman–Crippen MR) is 90.2 cm³/mol. The standard InChI is InChI=1S/C15H24N4OS/c1-17(2)8-7-16-15(21)19-11-9-18(10-12-19)13-3-5-14(20)6-4-13/h3-6,20H,7-12H2,1-2H3,(H,16,21)/p+1. The number of hydrogen-bond donors (Lipinski definition) is 3. The van der Waals surface area contributed by atoms with Gasteiger partial charge in [0.05, 0.1) is 27.2 Å². The molecule has 1 aromatic rings. The van der Waals surface area contributed by atoms with Crippen LogP contribution in [0.25, 0.3) is 0 Å². The highest BCUT2D eigenvalue weighted by atomic mass is 32.1. The lowest BCUT2D eigenvalue weighted by Gasteiger charge is -2.37. The molecule has 1 heterocycles. The summed E-state index contributed by atoms with van der Waals surface area (Å²) in [5.74, 6) is 0.311. The number of piperazine rings is 1. The number of hydrogen-bond acceptors (Lipinski definition) is 3. The molecule has 1 fully saturated rings. The number of likely N-dealkylation sites (N-methyl/N-ethyl adjacent to an activating group) is 1. The first-order valence-electron chi connectivity index (χ1n) is 7.42. The molecule has 21 heavy (non-hydrogen) atoms. The first kappa shape index (κ1) is 15.9. The minimum atomic E-state index is 0.311. The number of phenols is 1. The first-order valence-corrected chi connectivity index (χ1v) is 7.83. The Hall–Kier alpha value is -1.53. The number of rotatable bonds is 4. The van der Waals surface area contributed by atoms with Gasteiger partial charge in [0.15, 0.2) is 5.11 Å². The number of nitrogens with zero attached hydrogens (tertiary/aromatic N) is 2. The van der Waals surface area contributed by atoms with E-state index in [-0.39, 0.29) is 0 Å². The maximum atomic E-state index is 9.34. The second-order valence-corrected chi connectivity index (χ2v) is 6.07. The highest BCUT2D eigenvalue weighted by molar-refractivity contribution is 7.80. The topological polar surface area (TPSA) is 43.2 Å². The number of aromatic hydroxyl groups is 1. The van der Waals surface area contributed by atoms with Crippen LogP contribution in [0.3, 0.4) is 0 Å². The van der Waals surface area contributed by atoms with Crippen molar-refractivity contribution in [1.29, 1.82) is 0 Å². The fraction of sp³-hybridized carbons (Fsp3) is 0.533. The SMILES string of the molecule is C[NH+](C)CCNC(=S)N1CCN(c2ccc(O)cc2)CC1. The van der Waals surface area contributed by atoms with Crippen molar-refractivity contribution >= 4 is 23.0 Å². The molecule has 0 unspecified atom stereocenters. The largest absolute Gasteiger partial charge is 0.508 e. The van der Waals surface area contributed by atoms with Gasteiger partial charge in [-0.2, -0.15) is 0 Å². The average molecular weight is 309 g/mol. The molecule has 1 saturated heterocycles. The maximum Gasteiger partial charge on any atom is 0.169 e. The summed E-state index contributed by atoms with van der Waals surface area (Å²) in [6.07, 6.45) is 0. The molecule has 5 nitrogen and oxygen atoms in total. The molecule has 116 valence electrons. The van der Waals surface area contributed by atoms with E-state index in [0.717, 1.165) is 50.1 Å². The van der Waals surface area contributed by atoms with Gasteiger partial charge in [-0.05, 0) is 36.5 Å². The van der Waals surface area contributed by atoms with Crippen molar-refractivity contribution in [1.82, 2.24) is 10.2 Å². The van der Waals surface area contributed by atoms with Gasteiger partial charge in [0.2, 0.25) is 0 Å². The third-order valence-electron chi connectivity index (χ3n) is 3.68. The molecule has 3 N–H and O–H groups in total. The van der Waals surface area contributed by atoms with Crippen molar-refractivity contribution in [2.75, 3.05) is 58.3 Å². The van der Waals surface area contributed by atoms with E-state index in [1.54, 1.807) is 12.1 Å². The molecular formula is C15H25N4OS+. The van der Waals surface area contributed by atoms with Crippen LogP contribution in [0.15, 0.2) is 24.3 Å². The van der Waals surface area contributed by atoms with Crippen LogP contribution in [0.2, 0.25) is 0 Å². The third-order valence-corrected chi connectivity index (χ3v) is 4.09. The Kier molecular flexibility index (Phi) is 5.64. The van der Waals surface area contributed by atoms with E-state index < -0.39 is 0 Å². The van der Waals surface area contributed by atoms with Crippen LogP contribution in [-0.4, -0.2) is 68.5 Å². The Balaban J connectivity index is 1.77. The van der Waals surface area contributed by atoms with Crippen LogP contribution >= 0.6 is 12.2 Å². The van der Waals surface area contributed by atoms with E-state index >= 15 is 0 Å². The Labute approximate surface area is 132 Å². The van der Waals surface area contributed by atoms with E-state index in [1.807, 2.05) is 12.1 Å². The molecule has 0 saturated carbocycles. The fourth-order valence-electron chi connectivity index (χ4n) is 2.36. The normalized spacial score (nSPS) is 15.4. The van der Waals surface area contributed by atoms with Crippen molar-refractivity contribution in [2.24, 2.45) is 0 Å². The van der Waals surface area contributed by atoms with Gasteiger partial charge in [0, 0.05) is 31.9 Å². The van der Waals surface area contributed by atoms with Crippen molar-refractivity contribution < 1.29 is 10.0 Å². The van der Waals surface area contributed by atoms with Crippen molar-refractivity contribution in [3.63, 3.8) is 0 Å². The van der Waals surface area contributed by atoms with Gasteiger partial charge in [0.1, 0.15) is 5.75 Å². The third kappa shape index (κ3) is 4.75. The summed E-state index contributed by atoms with van der Waals surface area (Å²) in [5, 5.41) is 13.5. The van der Waals surface area contributed by atoms with E-state index in [1.165, 1.54) is 4.90 Å². The molecule has 0 amide bonds. The second-order valence-electron chi connectivity index (χ2n) is 5.68. The van der Waals surface area contributed by atoms with Gasteiger partial charge >= 0.3 is 0 Å². The predicted octanol–water partition coefficient (Wildman–Crippen LogP) is -0.467. The van der Waals surface area contributed by atoms with Crippen LogP contribution in [0, 0.1) is 0 Å². The van der Waals surface area contributed by atoms with Gasteiger partial charge in [0.25, 0.3) is 0 Å². The summed E-state index contributed by atoms with van der Waals surface area (Å²) in [6.45, 7) is 5.74. The highest BCUT2D eigenvalue weighted by Crippen LogP contribution is 2.19. The fourth-order valence-corrected chi connectivity index (χ4v) is 2.65. The Morgan fingerprint density at radius 1 is 1.19 bits per heavy atom. The molecule has 0 bridgehead atoms. The van der Waals surface area contributed by atoms with Crippen LogP contribution in [0.1, 0.15) is 0 Å².